The van der Waals surface area contributed by atoms with Crippen molar-refractivity contribution in [2.75, 3.05) is 16.9 Å². The molecule has 0 aliphatic carbocycles. The number of hydrogen-bond donors (Lipinski definition) is 4. The molecule has 0 atom stereocenters. The molecule has 84 valence electrons. The molecule has 0 aliphatic rings. The predicted octanol–water partition coefficient (Wildman–Crippen LogP) is 1.60. The summed E-state index contributed by atoms with van der Waals surface area (Å²) in [4.78, 5) is 0. The number of rotatable bonds is 2. The average molecular weight is 279 g/mol. The summed E-state index contributed by atoms with van der Waals surface area (Å²) in [7, 11) is 0. The molecule has 4 nitrogen and oxygen atoms in total. The number of nitrogens with two attached hydrogens (primary N) is 3. The zero-order chi connectivity index (χ0) is 11.5. The molecule has 0 saturated carbocycles. The van der Waals surface area contributed by atoms with Crippen molar-refractivity contribution in [3.8, 4) is 11.1 Å². The Morgan fingerprint density at radius 3 is 2.00 bits per heavy atom. The van der Waals surface area contributed by atoms with Gasteiger partial charge in [0.05, 0.1) is 5.69 Å². The SMILES string of the molecule is NNc1cc(N)c(-c2cc[c-]cc2)c(N)c1.[Zn]. The molecule has 0 fully saturated rings. The Kier molecular flexibility index (Phi) is 4.49. The van der Waals surface area contributed by atoms with Gasteiger partial charge in [-0.15, -0.1) is 5.56 Å². The molecule has 0 saturated heterocycles. The van der Waals surface area contributed by atoms with Crippen molar-refractivity contribution < 1.29 is 19.5 Å². The molecule has 2 rings (SSSR count). The van der Waals surface area contributed by atoms with Crippen LogP contribution < -0.4 is 22.7 Å². The summed E-state index contributed by atoms with van der Waals surface area (Å²) < 4.78 is 0. The van der Waals surface area contributed by atoms with Crippen molar-refractivity contribution in [2.24, 2.45) is 5.84 Å². The molecule has 0 spiro atoms. The quantitative estimate of drug-likeness (QED) is 0.221. The van der Waals surface area contributed by atoms with Gasteiger partial charge in [-0.2, -0.15) is 30.3 Å². The Hall–Kier alpha value is -1.58. The summed E-state index contributed by atoms with van der Waals surface area (Å²) in [6.45, 7) is 0. The zero-order valence-electron chi connectivity index (χ0n) is 9.40. The van der Waals surface area contributed by atoms with E-state index in [9.17, 15) is 0 Å². The van der Waals surface area contributed by atoms with Gasteiger partial charge in [-0.1, -0.05) is 0 Å². The molecular weight excluding hydrogens is 266 g/mol. The smallest absolute Gasteiger partial charge is 0.0526 e. The van der Waals surface area contributed by atoms with E-state index in [1.165, 1.54) is 0 Å². The molecule has 7 N–H and O–H groups in total. The summed E-state index contributed by atoms with van der Waals surface area (Å²) in [6.07, 6.45) is 0. The molecule has 2 aromatic carbocycles. The molecule has 0 bridgehead atoms. The Labute approximate surface area is 113 Å². The second-order valence-electron chi connectivity index (χ2n) is 3.46. The molecule has 5 heteroatoms. The first kappa shape index (κ1) is 13.5. The fraction of sp³-hybridized carbons (Fsp3) is 0. The van der Waals surface area contributed by atoms with Crippen molar-refractivity contribution in [1.82, 2.24) is 0 Å². The van der Waals surface area contributed by atoms with Gasteiger partial charge in [0, 0.05) is 36.4 Å². The molecular formula is C12H13N4Zn-. The Bertz CT molecular complexity index is 476. The van der Waals surface area contributed by atoms with Crippen molar-refractivity contribution in [1.29, 1.82) is 0 Å². The topological polar surface area (TPSA) is 90.1 Å². The van der Waals surface area contributed by atoms with Gasteiger partial charge in [-0.25, -0.2) is 0 Å². The van der Waals surface area contributed by atoms with Gasteiger partial charge < -0.3 is 16.9 Å². The molecule has 0 radical (unpaired) electrons. The van der Waals surface area contributed by atoms with E-state index in [0.29, 0.717) is 17.1 Å². The third-order valence-corrected chi connectivity index (χ3v) is 2.37. The maximum absolute atomic E-state index is 5.94. The standard InChI is InChI=1S/C12H13N4.Zn/c13-10-6-9(16-15)7-11(14)12(10)8-4-2-1-3-5-8;/h2-7,16H,13-15H2;/q-1;. The maximum atomic E-state index is 5.94. The Morgan fingerprint density at radius 2 is 1.53 bits per heavy atom. The minimum absolute atomic E-state index is 0. The minimum atomic E-state index is 0. The Balaban J connectivity index is 0.00000144. The van der Waals surface area contributed by atoms with E-state index in [0.717, 1.165) is 11.1 Å². The van der Waals surface area contributed by atoms with Crippen LogP contribution >= 0.6 is 0 Å². The van der Waals surface area contributed by atoms with Crippen LogP contribution in [-0.2, 0) is 19.5 Å². The largest absolute Gasteiger partial charge is 0.398 e. The number of hydrogen-bond acceptors (Lipinski definition) is 4. The van der Waals surface area contributed by atoms with E-state index in [4.69, 9.17) is 17.3 Å². The van der Waals surface area contributed by atoms with Crippen LogP contribution in [0, 0.1) is 6.07 Å². The second-order valence-corrected chi connectivity index (χ2v) is 3.46. The summed E-state index contributed by atoms with van der Waals surface area (Å²) in [5.41, 5.74) is 18.1. The minimum Gasteiger partial charge on any atom is -0.398 e. The van der Waals surface area contributed by atoms with Crippen LogP contribution in [0.5, 0.6) is 0 Å². The first-order valence-electron chi connectivity index (χ1n) is 4.84. The molecule has 0 amide bonds. The maximum Gasteiger partial charge on any atom is 0.0526 e. The third-order valence-electron chi connectivity index (χ3n) is 2.37. The average Bonchev–Trinajstić information content (AvgIpc) is 2.29. The predicted molar refractivity (Wildman–Crippen MR) is 67.3 cm³/mol. The number of nitrogens with one attached hydrogen (secondary N) is 1. The van der Waals surface area contributed by atoms with Crippen molar-refractivity contribution >= 4 is 17.1 Å². The fourth-order valence-electron chi connectivity index (χ4n) is 1.66. The fourth-order valence-corrected chi connectivity index (χ4v) is 1.66. The summed E-state index contributed by atoms with van der Waals surface area (Å²) in [5, 5.41) is 0. The first-order valence-corrected chi connectivity index (χ1v) is 4.84. The van der Waals surface area contributed by atoms with Gasteiger partial charge in [-0.05, 0) is 12.1 Å². The monoisotopic (exact) mass is 277 g/mol. The van der Waals surface area contributed by atoms with Gasteiger partial charge in [0.15, 0.2) is 0 Å². The van der Waals surface area contributed by atoms with E-state index >= 15 is 0 Å². The molecule has 0 aromatic heterocycles. The van der Waals surface area contributed by atoms with E-state index in [-0.39, 0.29) is 19.5 Å². The summed E-state index contributed by atoms with van der Waals surface area (Å²) in [6, 6.07) is 13.9. The van der Waals surface area contributed by atoms with Crippen LogP contribution in [0.25, 0.3) is 11.1 Å². The van der Waals surface area contributed by atoms with Crippen LogP contribution in [-0.4, -0.2) is 0 Å². The van der Waals surface area contributed by atoms with Gasteiger partial charge in [0.2, 0.25) is 0 Å². The van der Waals surface area contributed by atoms with Gasteiger partial charge >= 0.3 is 0 Å². The first-order chi connectivity index (χ1) is 7.72. The summed E-state index contributed by atoms with van der Waals surface area (Å²) >= 11 is 0. The van der Waals surface area contributed by atoms with Crippen LogP contribution in [0.15, 0.2) is 36.4 Å². The molecule has 17 heavy (non-hydrogen) atoms. The van der Waals surface area contributed by atoms with E-state index in [1.54, 1.807) is 12.1 Å². The summed E-state index contributed by atoms with van der Waals surface area (Å²) in [5.74, 6) is 5.31. The molecule has 0 aliphatic heterocycles. The van der Waals surface area contributed by atoms with Crippen molar-refractivity contribution in [3.05, 3.63) is 42.5 Å². The normalized spacial score (nSPS) is 9.47. The zero-order valence-corrected chi connectivity index (χ0v) is 12.4. The van der Waals surface area contributed by atoms with Crippen LogP contribution in [0.2, 0.25) is 0 Å². The number of hydrazine groups is 1. The van der Waals surface area contributed by atoms with Crippen LogP contribution in [0.3, 0.4) is 0 Å². The second kappa shape index (κ2) is 5.66. The van der Waals surface area contributed by atoms with Crippen LogP contribution in [0.1, 0.15) is 0 Å². The van der Waals surface area contributed by atoms with Crippen molar-refractivity contribution in [2.45, 2.75) is 0 Å². The van der Waals surface area contributed by atoms with E-state index < -0.39 is 0 Å². The molecule has 2 aromatic rings. The van der Waals surface area contributed by atoms with Gasteiger partial charge in [0.25, 0.3) is 0 Å². The Morgan fingerprint density at radius 1 is 1.00 bits per heavy atom. The number of nitrogen functional groups attached to an aromatic ring is 3. The van der Waals surface area contributed by atoms with Gasteiger partial charge in [-0.3, -0.25) is 5.84 Å². The van der Waals surface area contributed by atoms with E-state index in [2.05, 4.69) is 11.5 Å². The molecule has 0 heterocycles. The van der Waals surface area contributed by atoms with Crippen LogP contribution in [0.4, 0.5) is 17.1 Å². The van der Waals surface area contributed by atoms with E-state index in [1.807, 2.05) is 24.3 Å². The molecule has 0 unspecified atom stereocenters. The van der Waals surface area contributed by atoms with Crippen molar-refractivity contribution in [3.63, 3.8) is 0 Å². The number of benzene rings is 2. The third kappa shape index (κ3) is 2.76. The van der Waals surface area contributed by atoms with Gasteiger partial charge in [0.1, 0.15) is 0 Å². The number of anilines is 3.